The van der Waals surface area contributed by atoms with Gasteiger partial charge in [0.1, 0.15) is 11.6 Å². The molecule has 0 saturated heterocycles. The Morgan fingerprint density at radius 2 is 1.61 bits per heavy atom. The number of nitrogens with zero attached hydrogens (tertiary/aromatic N) is 2. The molecule has 0 atom stereocenters. The molecule has 4 nitrogen and oxygen atoms in total. The minimum Gasteiger partial charge on any atom is -0.497 e. The van der Waals surface area contributed by atoms with E-state index >= 15 is 0 Å². The lowest BCUT2D eigenvalue weighted by molar-refractivity contribution is -0.137. The predicted molar refractivity (Wildman–Crippen MR) is 124 cm³/mol. The summed E-state index contributed by atoms with van der Waals surface area (Å²) in [5, 5.41) is 0. The molecule has 0 aliphatic rings. The van der Waals surface area contributed by atoms with Gasteiger partial charge in [-0.15, -0.1) is 0 Å². The summed E-state index contributed by atoms with van der Waals surface area (Å²) in [4.78, 5) is 6.04. The normalized spacial score (nSPS) is 11.3. The van der Waals surface area contributed by atoms with E-state index in [-0.39, 0.29) is 0 Å². The lowest BCUT2D eigenvalue weighted by Gasteiger charge is -2.28. The molecule has 0 fully saturated rings. The van der Waals surface area contributed by atoms with E-state index < -0.39 is 11.7 Å². The van der Waals surface area contributed by atoms with E-state index in [2.05, 4.69) is 4.98 Å². The predicted octanol–water partition coefficient (Wildman–Crippen LogP) is 6.70. The molecule has 0 saturated carbocycles. The molecule has 1 aromatic heterocycles. The first-order valence-electron chi connectivity index (χ1n) is 10.2. The largest absolute Gasteiger partial charge is 0.497 e. The molecule has 0 unspecified atom stereocenters. The van der Waals surface area contributed by atoms with Crippen LogP contribution in [-0.2, 0) is 12.7 Å². The van der Waals surface area contributed by atoms with Crippen molar-refractivity contribution in [1.82, 2.24) is 4.98 Å². The highest BCUT2D eigenvalue weighted by atomic mass is 19.4. The van der Waals surface area contributed by atoms with Crippen LogP contribution >= 0.6 is 0 Å². The minimum absolute atomic E-state index is 0.388. The van der Waals surface area contributed by atoms with Gasteiger partial charge in [0.15, 0.2) is 0 Å². The fourth-order valence-corrected chi connectivity index (χ4v) is 3.63. The molecule has 0 spiro atoms. The monoisotopic (exact) mass is 449 g/mol. The number of anilines is 3. The Kier molecular flexibility index (Phi) is 6.22. The average molecular weight is 449 g/mol. The second kappa shape index (κ2) is 9.24. The van der Waals surface area contributed by atoms with E-state index in [4.69, 9.17) is 10.5 Å². The Bertz CT molecular complexity index is 1220. The Morgan fingerprint density at radius 3 is 2.24 bits per heavy atom. The van der Waals surface area contributed by atoms with Gasteiger partial charge in [-0.25, -0.2) is 4.98 Å². The Morgan fingerprint density at radius 1 is 0.909 bits per heavy atom. The van der Waals surface area contributed by atoms with Crippen molar-refractivity contribution in [2.24, 2.45) is 0 Å². The van der Waals surface area contributed by atoms with E-state index in [1.165, 1.54) is 12.1 Å². The molecular weight excluding hydrogens is 427 g/mol. The van der Waals surface area contributed by atoms with Crippen molar-refractivity contribution in [2.45, 2.75) is 12.7 Å². The minimum atomic E-state index is -4.40. The number of rotatable bonds is 6. The molecule has 168 valence electrons. The quantitative estimate of drug-likeness (QED) is 0.356. The zero-order valence-corrected chi connectivity index (χ0v) is 17.9. The van der Waals surface area contributed by atoms with Crippen LogP contribution in [-0.4, -0.2) is 12.1 Å². The summed E-state index contributed by atoms with van der Waals surface area (Å²) in [6, 6.07) is 24.1. The summed E-state index contributed by atoms with van der Waals surface area (Å²) in [5.74, 6) is 1.12. The van der Waals surface area contributed by atoms with E-state index in [0.717, 1.165) is 40.3 Å². The number of hydrogen-bond acceptors (Lipinski definition) is 4. The van der Waals surface area contributed by atoms with Crippen LogP contribution in [0.2, 0.25) is 0 Å². The second-order valence-electron chi connectivity index (χ2n) is 7.47. The lowest BCUT2D eigenvalue weighted by atomic mass is 10.0. The first-order chi connectivity index (χ1) is 15.8. The summed E-state index contributed by atoms with van der Waals surface area (Å²) < 4.78 is 44.7. The number of nitrogens with two attached hydrogens (primary N) is 1. The van der Waals surface area contributed by atoms with Gasteiger partial charge in [0.05, 0.1) is 12.7 Å². The third-order valence-corrected chi connectivity index (χ3v) is 5.29. The summed E-state index contributed by atoms with van der Waals surface area (Å²) in [7, 11) is 1.60. The lowest BCUT2D eigenvalue weighted by Crippen LogP contribution is -2.18. The summed E-state index contributed by atoms with van der Waals surface area (Å²) in [6.07, 6.45) is -2.76. The number of hydrogen-bond donors (Lipinski definition) is 1. The standard InChI is InChI=1S/C26H22F3N3O/c1-33-22-12-6-18(7-13-22)17-32(21-10-8-20(9-11-21)26(27,28)29)24-5-3-2-4-23(24)19-14-15-31-25(30)16-19/h2-16H,17H2,1H3,(H2,30,31). The summed E-state index contributed by atoms with van der Waals surface area (Å²) >= 11 is 0. The molecule has 0 bridgehead atoms. The highest BCUT2D eigenvalue weighted by molar-refractivity contribution is 5.83. The van der Waals surface area contributed by atoms with Gasteiger partial charge in [0.25, 0.3) is 0 Å². The first kappa shape index (κ1) is 22.2. The molecular formula is C26H22F3N3O. The molecule has 0 aliphatic carbocycles. The van der Waals surface area contributed by atoms with E-state index in [9.17, 15) is 13.2 Å². The van der Waals surface area contributed by atoms with Crippen LogP contribution in [0.25, 0.3) is 11.1 Å². The molecule has 33 heavy (non-hydrogen) atoms. The molecule has 7 heteroatoms. The van der Waals surface area contributed by atoms with Crippen molar-refractivity contribution in [3.05, 3.63) is 102 Å². The van der Waals surface area contributed by atoms with Gasteiger partial charge in [0.2, 0.25) is 0 Å². The van der Waals surface area contributed by atoms with Gasteiger partial charge in [-0.2, -0.15) is 13.2 Å². The molecule has 3 aromatic carbocycles. The molecule has 2 N–H and O–H groups in total. The molecule has 4 aromatic rings. The van der Waals surface area contributed by atoms with Crippen molar-refractivity contribution in [1.29, 1.82) is 0 Å². The van der Waals surface area contributed by atoms with Crippen molar-refractivity contribution in [3.63, 3.8) is 0 Å². The highest BCUT2D eigenvalue weighted by Gasteiger charge is 2.30. The smallest absolute Gasteiger partial charge is 0.416 e. The number of para-hydroxylation sites is 1. The number of pyridine rings is 1. The number of halogens is 3. The van der Waals surface area contributed by atoms with Gasteiger partial charge in [-0.3, -0.25) is 0 Å². The first-order valence-corrected chi connectivity index (χ1v) is 10.2. The van der Waals surface area contributed by atoms with Crippen LogP contribution in [0.3, 0.4) is 0 Å². The molecule has 0 aliphatic heterocycles. The number of alkyl halides is 3. The van der Waals surface area contributed by atoms with Crippen molar-refractivity contribution >= 4 is 17.2 Å². The molecule has 4 rings (SSSR count). The number of methoxy groups -OCH3 is 1. The van der Waals surface area contributed by atoms with Crippen LogP contribution in [0.15, 0.2) is 91.1 Å². The number of nitrogen functional groups attached to an aromatic ring is 1. The SMILES string of the molecule is COc1ccc(CN(c2ccc(C(F)(F)F)cc2)c2ccccc2-c2ccnc(N)c2)cc1. The van der Waals surface area contributed by atoms with Gasteiger partial charge < -0.3 is 15.4 Å². The Hall–Kier alpha value is -4.00. The molecule has 0 radical (unpaired) electrons. The fourth-order valence-electron chi connectivity index (χ4n) is 3.63. The number of ether oxygens (including phenoxy) is 1. The van der Waals surface area contributed by atoms with Gasteiger partial charge in [0, 0.05) is 29.7 Å². The number of benzene rings is 3. The Labute approximate surface area is 190 Å². The summed E-state index contributed by atoms with van der Waals surface area (Å²) in [5.41, 5.74) is 9.40. The van der Waals surface area contributed by atoms with Crippen molar-refractivity contribution in [2.75, 3.05) is 17.7 Å². The zero-order valence-electron chi connectivity index (χ0n) is 17.9. The van der Waals surface area contributed by atoms with E-state index in [0.29, 0.717) is 18.1 Å². The van der Waals surface area contributed by atoms with Gasteiger partial charge in [-0.1, -0.05) is 30.3 Å². The summed E-state index contributed by atoms with van der Waals surface area (Å²) in [6.45, 7) is 0.437. The van der Waals surface area contributed by atoms with Crippen LogP contribution < -0.4 is 15.4 Å². The third-order valence-electron chi connectivity index (χ3n) is 5.29. The topological polar surface area (TPSA) is 51.4 Å². The maximum absolute atomic E-state index is 13.1. The Balaban J connectivity index is 1.81. The van der Waals surface area contributed by atoms with Crippen molar-refractivity contribution < 1.29 is 17.9 Å². The molecule has 1 heterocycles. The van der Waals surface area contributed by atoms with Gasteiger partial charge in [-0.05, 0) is 65.7 Å². The fraction of sp³-hybridized carbons (Fsp3) is 0.115. The average Bonchev–Trinajstić information content (AvgIpc) is 2.82. The van der Waals surface area contributed by atoms with Crippen LogP contribution in [0, 0.1) is 0 Å². The second-order valence-corrected chi connectivity index (χ2v) is 7.47. The molecule has 0 amide bonds. The van der Waals surface area contributed by atoms with Crippen LogP contribution in [0.1, 0.15) is 11.1 Å². The van der Waals surface area contributed by atoms with E-state index in [1.807, 2.05) is 59.5 Å². The zero-order chi connectivity index (χ0) is 23.4. The maximum atomic E-state index is 13.1. The van der Waals surface area contributed by atoms with Crippen molar-refractivity contribution in [3.8, 4) is 16.9 Å². The third kappa shape index (κ3) is 5.09. The van der Waals surface area contributed by atoms with Crippen LogP contribution in [0.4, 0.5) is 30.4 Å². The highest BCUT2D eigenvalue weighted by Crippen LogP contribution is 2.38. The maximum Gasteiger partial charge on any atom is 0.416 e. The van der Waals surface area contributed by atoms with Crippen LogP contribution in [0.5, 0.6) is 5.75 Å². The van der Waals surface area contributed by atoms with Gasteiger partial charge >= 0.3 is 6.18 Å². The van der Waals surface area contributed by atoms with E-state index in [1.54, 1.807) is 19.4 Å². The number of aromatic nitrogens is 1.